The fourth-order valence-corrected chi connectivity index (χ4v) is 7.45. The molecule has 10 nitrogen and oxygen atoms in total. The molecule has 1 aliphatic heterocycles. The molecule has 8 unspecified atom stereocenters. The quantitative estimate of drug-likeness (QED) is 0.0237. The van der Waals surface area contributed by atoms with E-state index >= 15 is 0 Å². The monoisotopic (exact) mass is 812 g/mol. The molecule has 1 rings (SSSR count). The van der Waals surface area contributed by atoms with Gasteiger partial charge in [-0.05, 0) is 44.9 Å². The van der Waals surface area contributed by atoms with Gasteiger partial charge >= 0.3 is 0 Å². The lowest BCUT2D eigenvalue weighted by Crippen LogP contribution is -2.60. The van der Waals surface area contributed by atoms with Crippen LogP contribution in [-0.2, 0) is 14.3 Å². The number of nitrogens with one attached hydrogen (secondary N) is 1. The van der Waals surface area contributed by atoms with Gasteiger partial charge in [0.25, 0.3) is 0 Å². The van der Waals surface area contributed by atoms with E-state index in [0.29, 0.717) is 12.8 Å². The summed E-state index contributed by atoms with van der Waals surface area (Å²) in [5, 5.41) is 64.7. The molecule has 57 heavy (non-hydrogen) atoms. The molecule has 10 heteroatoms. The van der Waals surface area contributed by atoms with Crippen LogP contribution in [0.2, 0.25) is 0 Å². The van der Waals surface area contributed by atoms with Crippen molar-refractivity contribution in [2.75, 3.05) is 13.2 Å². The highest BCUT2D eigenvalue weighted by Crippen LogP contribution is 2.23. The Morgan fingerprint density at radius 1 is 0.596 bits per heavy atom. The number of aliphatic hydroxyl groups excluding tert-OH is 6. The zero-order chi connectivity index (χ0) is 41.8. The highest BCUT2D eigenvalue weighted by atomic mass is 16.7. The third-order valence-corrected chi connectivity index (χ3v) is 11.4. The Labute approximate surface area is 348 Å². The number of amides is 1. The van der Waals surface area contributed by atoms with Crippen molar-refractivity contribution in [1.82, 2.24) is 5.32 Å². The van der Waals surface area contributed by atoms with Crippen molar-refractivity contribution in [2.45, 2.75) is 255 Å². The first kappa shape index (κ1) is 53.6. The zero-order valence-corrected chi connectivity index (χ0v) is 36.5. The van der Waals surface area contributed by atoms with Crippen LogP contribution >= 0.6 is 0 Å². The number of hydrogen-bond donors (Lipinski definition) is 7. The van der Waals surface area contributed by atoms with Gasteiger partial charge in [-0.3, -0.25) is 4.79 Å². The van der Waals surface area contributed by atoms with Crippen molar-refractivity contribution in [2.24, 2.45) is 0 Å². The van der Waals surface area contributed by atoms with E-state index in [1.54, 1.807) is 6.08 Å². The predicted octanol–water partition coefficient (Wildman–Crippen LogP) is 8.86. The lowest BCUT2D eigenvalue weighted by molar-refractivity contribution is -0.302. The molecule has 0 aromatic rings. The number of hydrogen-bond acceptors (Lipinski definition) is 9. The van der Waals surface area contributed by atoms with Crippen LogP contribution < -0.4 is 5.32 Å². The number of ether oxygens (including phenoxy) is 2. The molecule has 0 bridgehead atoms. The molecule has 0 spiro atoms. The van der Waals surface area contributed by atoms with E-state index < -0.39 is 61.5 Å². The maximum atomic E-state index is 13.0. The number of allylic oxidation sites excluding steroid dienone is 3. The standard InChI is InChI=1S/C47H89NO9/c1-3-5-7-9-11-13-15-17-19-21-23-25-27-29-31-33-35-40(50)39(38-56-47-45(54)44(53)43(52)42(37-49)57-47)48-46(55)41(51)36-34-32-30-28-26-24-22-20-18-16-14-12-10-8-6-4-2/h18,20,33,35,39-45,47,49-54H,3-17,19,21-32,34,36-38H2,1-2H3,(H,48,55)/b20-18-,35-33+. The molecular weight excluding hydrogens is 723 g/mol. The largest absolute Gasteiger partial charge is 0.394 e. The summed E-state index contributed by atoms with van der Waals surface area (Å²) in [5.41, 5.74) is 0. The third kappa shape index (κ3) is 27.9. The van der Waals surface area contributed by atoms with E-state index in [-0.39, 0.29) is 6.61 Å². The average molecular weight is 812 g/mol. The molecule has 0 aromatic carbocycles. The molecule has 1 amide bonds. The van der Waals surface area contributed by atoms with Crippen LogP contribution in [0.25, 0.3) is 0 Å². The summed E-state index contributed by atoms with van der Waals surface area (Å²) < 4.78 is 11.1. The lowest BCUT2D eigenvalue weighted by atomic mass is 9.99. The van der Waals surface area contributed by atoms with Crippen LogP contribution in [0, 0.1) is 0 Å². The van der Waals surface area contributed by atoms with Crippen molar-refractivity contribution in [3.8, 4) is 0 Å². The summed E-state index contributed by atoms with van der Waals surface area (Å²) in [6.07, 6.45) is 34.0. The number of rotatable bonds is 39. The number of carbonyl (C=O) groups is 1. The Morgan fingerprint density at radius 3 is 1.47 bits per heavy atom. The van der Waals surface area contributed by atoms with E-state index in [2.05, 4.69) is 31.3 Å². The van der Waals surface area contributed by atoms with Gasteiger partial charge in [0.2, 0.25) is 5.91 Å². The smallest absolute Gasteiger partial charge is 0.249 e. The maximum absolute atomic E-state index is 13.0. The van der Waals surface area contributed by atoms with E-state index in [9.17, 15) is 35.4 Å². The summed E-state index contributed by atoms with van der Waals surface area (Å²) in [4.78, 5) is 13.0. The molecule has 1 saturated heterocycles. The normalized spacial score (nSPS) is 21.7. The number of aliphatic hydroxyl groups is 6. The Hall–Kier alpha value is -1.37. The van der Waals surface area contributed by atoms with Crippen LogP contribution in [0.3, 0.4) is 0 Å². The third-order valence-electron chi connectivity index (χ3n) is 11.4. The second-order valence-corrected chi connectivity index (χ2v) is 16.7. The average Bonchev–Trinajstić information content (AvgIpc) is 3.21. The van der Waals surface area contributed by atoms with E-state index in [1.165, 1.54) is 135 Å². The zero-order valence-electron chi connectivity index (χ0n) is 36.5. The van der Waals surface area contributed by atoms with Gasteiger partial charge in [-0.1, -0.05) is 186 Å². The second-order valence-electron chi connectivity index (χ2n) is 16.7. The van der Waals surface area contributed by atoms with E-state index in [4.69, 9.17) is 9.47 Å². The van der Waals surface area contributed by atoms with Crippen LogP contribution in [0.15, 0.2) is 24.3 Å². The Morgan fingerprint density at radius 2 is 1.02 bits per heavy atom. The maximum Gasteiger partial charge on any atom is 0.249 e. The van der Waals surface area contributed by atoms with Crippen LogP contribution in [-0.4, -0.2) is 98.7 Å². The first-order chi connectivity index (χ1) is 27.8. The first-order valence-corrected chi connectivity index (χ1v) is 23.7. The Bertz CT molecular complexity index is 963. The number of unbranched alkanes of at least 4 members (excludes halogenated alkanes) is 26. The Balaban J connectivity index is 2.42. The molecule has 0 aromatic heterocycles. The highest BCUT2D eigenvalue weighted by molar-refractivity contribution is 5.80. The topological polar surface area (TPSA) is 169 Å². The van der Waals surface area contributed by atoms with Crippen LogP contribution in [0.5, 0.6) is 0 Å². The summed E-state index contributed by atoms with van der Waals surface area (Å²) in [7, 11) is 0. The second kappa shape index (κ2) is 37.6. The molecule has 336 valence electrons. The van der Waals surface area contributed by atoms with Gasteiger partial charge in [-0.25, -0.2) is 0 Å². The minimum Gasteiger partial charge on any atom is -0.394 e. The first-order valence-electron chi connectivity index (χ1n) is 23.7. The minimum atomic E-state index is -1.61. The van der Waals surface area contributed by atoms with Gasteiger partial charge in [0.1, 0.15) is 30.5 Å². The molecule has 0 saturated carbocycles. The van der Waals surface area contributed by atoms with Crippen molar-refractivity contribution >= 4 is 5.91 Å². The Kier molecular flexibility index (Phi) is 35.4. The minimum absolute atomic E-state index is 0.304. The van der Waals surface area contributed by atoms with E-state index in [0.717, 1.165) is 44.9 Å². The highest BCUT2D eigenvalue weighted by Gasteiger charge is 2.44. The SMILES string of the molecule is CCCCCCCC/C=C\CCCCCCCCC(O)C(=O)NC(COC1OC(CO)C(O)C(O)C1O)C(O)/C=C/CCCCCCCCCCCCCCCC. The molecule has 1 fully saturated rings. The van der Waals surface area contributed by atoms with E-state index in [1.807, 2.05) is 6.08 Å². The fraction of sp³-hybridized carbons (Fsp3) is 0.894. The molecule has 7 N–H and O–H groups in total. The molecule has 1 aliphatic rings. The number of carbonyl (C=O) groups excluding carboxylic acids is 1. The fourth-order valence-electron chi connectivity index (χ4n) is 7.45. The molecule has 1 heterocycles. The van der Waals surface area contributed by atoms with Crippen molar-refractivity contribution in [3.05, 3.63) is 24.3 Å². The molecular formula is C47H89NO9. The summed E-state index contributed by atoms with van der Waals surface area (Å²) >= 11 is 0. The summed E-state index contributed by atoms with van der Waals surface area (Å²) in [5.74, 6) is -0.621. The predicted molar refractivity (Wildman–Crippen MR) is 232 cm³/mol. The van der Waals surface area contributed by atoms with Gasteiger partial charge in [0, 0.05) is 0 Å². The van der Waals surface area contributed by atoms with Crippen LogP contribution in [0.1, 0.15) is 206 Å². The van der Waals surface area contributed by atoms with Crippen molar-refractivity contribution in [3.63, 3.8) is 0 Å². The molecule has 0 aliphatic carbocycles. The summed E-state index contributed by atoms with van der Waals surface area (Å²) in [6.45, 7) is 3.60. The van der Waals surface area contributed by atoms with Crippen molar-refractivity contribution in [1.29, 1.82) is 0 Å². The van der Waals surface area contributed by atoms with Crippen molar-refractivity contribution < 1.29 is 44.9 Å². The van der Waals surface area contributed by atoms with Gasteiger partial charge in [0.05, 0.1) is 25.4 Å². The summed E-state index contributed by atoms with van der Waals surface area (Å²) in [6, 6.07) is -0.980. The van der Waals surface area contributed by atoms with Gasteiger partial charge in [-0.2, -0.15) is 0 Å². The van der Waals surface area contributed by atoms with Crippen LogP contribution in [0.4, 0.5) is 0 Å². The van der Waals surface area contributed by atoms with Gasteiger partial charge in [-0.15, -0.1) is 0 Å². The molecule has 8 atom stereocenters. The lowest BCUT2D eigenvalue weighted by Gasteiger charge is -2.40. The molecule has 0 radical (unpaired) electrons. The van der Waals surface area contributed by atoms with Gasteiger partial charge in [0.15, 0.2) is 6.29 Å². The van der Waals surface area contributed by atoms with Gasteiger partial charge < -0.3 is 45.4 Å².